The summed E-state index contributed by atoms with van der Waals surface area (Å²) >= 11 is 3.53. The Bertz CT molecular complexity index is 184. The van der Waals surface area contributed by atoms with Crippen LogP contribution < -0.4 is 0 Å². The molecule has 0 saturated carbocycles. The van der Waals surface area contributed by atoms with Gasteiger partial charge in [0.25, 0.3) is 6.47 Å². The van der Waals surface area contributed by atoms with Crippen molar-refractivity contribution in [1.82, 2.24) is 0 Å². The van der Waals surface area contributed by atoms with Gasteiger partial charge in [0.2, 0.25) is 0 Å². The topological polar surface area (TPSA) is 52.6 Å². The van der Waals surface area contributed by atoms with Crippen LogP contribution in [0.2, 0.25) is 0 Å². The van der Waals surface area contributed by atoms with Crippen molar-refractivity contribution in [3.63, 3.8) is 0 Å². The molecule has 0 N–H and O–H groups in total. The van der Waals surface area contributed by atoms with E-state index < -0.39 is 5.30 Å². The summed E-state index contributed by atoms with van der Waals surface area (Å²) in [7, 11) is 0. The molecule has 0 amide bonds. The van der Waals surface area contributed by atoms with Crippen LogP contribution in [0.15, 0.2) is 0 Å². The number of hydrogen-bond donors (Lipinski definition) is 1. The third kappa shape index (κ3) is 5.11. The Hall–Kier alpha value is -0.710. The zero-order valence-corrected chi connectivity index (χ0v) is 9.33. The van der Waals surface area contributed by atoms with Gasteiger partial charge in [-0.1, -0.05) is 32.9 Å². The summed E-state index contributed by atoms with van der Waals surface area (Å²) in [5, 5.41) is -0.642. The zero-order valence-electron chi connectivity index (χ0n) is 8.43. The van der Waals surface area contributed by atoms with Gasteiger partial charge in [-0.15, -0.1) is 0 Å². The van der Waals surface area contributed by atoms with E-state index in [2.05, 4.69) is 12.6 Å². The Morgan fingerprint density at radius 2 is 2.07 bits per heavy atom. The molecule has 0 aromatic carbocycles. The lowest BCUT2D eigenvalue weighted by molar-refractivity contribution is -0.139. The normalized spacial score (nSPS) is 14.2. The number of thiol groups is 1. The van der Waals surface area contributed by atoms with Crippen LogP contribution in [-0.4, -0.2) is 24.0 Å². The quantitative estimate of drug-likeness (QED) is 0.406. The highest BCUT2D eigenvalue weighted by molar-refractivity contribution is 7.96. The predicted molar refractivity (Wildman–Crippen MR) is 55.4 cm³/mol. The van der Waals surface area contributed by atoms with E-state index in [1.165, 1.54) is 0 Å². The van der Waals surface area contributed by atoms with Crippen molar-refractivity contribution >= 4 is 24.4 Å². The lowest BCUT2D eigenvalue weighted by Crippen LogP contribution is -2.31. The molecule has 2 atom stereocenters. The third-order valence-electron chi connectivity index (χ3n) is 1.87. The summed E-state index contributed by atoms with van der Waals surface area (Å²) in [5.41, 5.74) is 0. The molecule has 0 aliphatic carbocycles. The summed E-state index contributed by atoms with van der Waals surface area (Å²) in [6, 6.07) is 0. The fourth-order valence-electron chi connectivity index (χ4n) is 1.25. The Labute approximate surface area is 89.4 Å². The number of carbonyl (C=O) groups excluding carboxylic acids is 2. The largest absolute Gasteiger partial charge is 0.461 e. The first kappa shape index (κ1) is 13.3. The van der Waals surface area contributed by atoms with Crippen molar-refractivity contribution in [3.8, 4) is 0 Å². The molecule has 0 aliphatic rings. The van der Waals surface area contributed by atoms with Gasteiger partial charge in [0.1, 0.15) is 12.2 Å². The summed E-state index contributed by atoms with van der Waals surface area (Å²) in [4.78, 5) is 20.8. The van der Waals surface area contributed by atoms with E-state index in [4.69, 9.17) is 9.47 Å². The van der Waals surface area contributed by atoms with Crippen molar-refractivity contribution in [2.75, 3.05) is 0 Å². The summed E-state index contributed by atoms with van der Waals surface area (Å²) in [6.07, 6.45) is 1.37. The van der Waals surface area contributed by atoms with Gasteiger partial charge in [-0.3, -0.25) is 4.79 Å². The highest BCUT2D eigenvalue weighted by atomic mass is 32.1. The van der Waals surface area contributed by atoms with Gasteiger partial charge in [0.05, 0.1) is 0 Å². The molecule has 82 valence electrons. The minimum Gasteiger partial charge on any atom is -0.461 e. The van der Waals surface area contributed by atoms with Gasteiger partial charge in [-0.05, 0) is 12.8 Å². The molecule has 0 saturated heterocycles. The SMILES string of the molecule is CCCC(OC(=O)S)C(CC)OC=O. The standard InChI is InChI=1S/C9H16O4S/c1-3-5-8(13-9(11)14)7(4-2)12-6-10/h6-8H,3-5H2,1-2H3,(H,11,14). The van der Waals surface area contributed by atoms with Crippen LogP contribution in [0.3, 0.4) is 0 Å². The van der Waals surface area contributed by atoms with Crippen LogP contribution in [0.25, 0.3) is 0 Å². The average molecular weight is 220 g/mol. The Morgan fingerprint density at radius 1 is 1.43 bits per heavy atom. The highest BCUT2D eigenvalue weighted by Gasteiger charge is 2.23. The second-order valence-corrected chi connectivity index (χ2v) is 3.26. The summed E-state index contributed by atoms with van der Waals surface area (Å²) < 4.78 is 9.75. The third-order valence-corrected chi connectivity index (χ3v) is 1.98. The van der Waals surface area contributed by atoms with Gasteiger partial charge in [0, 0.05) is 0 Å². The molecule has 2 unspecified atom stereocenters. The molecule has 0 bridgehead atoms. The van der Waals surface area contributed by atoms with Crippen molar-refractivity contribution < 1.29 is 19.1 Å². The average Bonchev–Trinajstić information content (AvgIpc) is 2.13. The molecule has 14 heavy (non-hydrogen) atoms. The van der Waals surface area contributed by atoms with Gasteiger partial charge < -0.3 is 9.47 Å². The van der Waals surface area contributed by atoms with Gasteiger partial charge in [-0.25, -0.2) is 4.79 Å². The maximum Gasteiger partial charge on any atom is 0.364 e. The van der Waals surface area contributed by atoms with Gasteiger partial charge >= 0.3 is 5.30 Å². The molecule has 0 rings (SSSR count). The molecular formula is C9H16O4S. The monoisotopic (exact) mass is 220 g/mol. The number of hydrogen-bond acceptors (Lipinski definition) is 4. The summed E-state index contributed by atoms with van der Waals surface area (Å²) in [6.45, 7) is 4.21. The maximum atomic E-state index is 10.7. The van der Waals surface area contributed by atoms with Crippen LogP contribution in [0.4, 0.5) is 4.79 Å². The fourth-order valence-corrected chi connectivity index (χ4v) is 1.39. The van der Waals surface area contributed by atoms with Gasteiger partial charge in [0.15, 0.2) is 0 Å². The van der Waals surface area contributed by atoms with E-state index in [9.17, 15) is 9.59 Å². The molecule has 0 aromatic rings. The molecule has 0 spiro atoms. The summed E-state index contributed by atoms with van der Waals surface area (Å²) in [5.74, 6) is 0. The first-order valence-electron chi connectivity index (χ1n) is 4.64. The van der Waals surface area contributed by atoms with E-state index in [-0.39, 0.29) is 12.2 Å². The molecule has 5 heteroatoms. The number of ether oxygens (including phenoxy) is 2. The van der Waals surface area contributed by atoms with Crippen molar-refractivity contribution in [1.29, 1.82) is 0 Å². The van der Waals surface area contributed by atoms with Crippen LogP contribution in [-0.2, 0) is 14.3 Å². The van der Waals surface area contributed by atoms with Crippen molar-refractivity contribution in [2.45, 2.75) is 45.3 Å². The highest BCUT2D eigenvalue weighted by Crippen LogP contribution is 2.14. The van der Waals surface area contributed by atoms with Crippen LogP contribution in [0, 0.1) is 0 Å². The first-order valence-corrected chi connectivity index (χ1v) is 5.09. The Balaban J connectivity index is 4.25. The van der Waals surface area contributed by atoms with Crippen molar-refractivity contribution in [2.24, 2.45) is 0 Å². The predicted octanol–water partition coefficient (Wildman–Crippen LogP) is 2.17. The van der Waals surface area contributed by atoms with E-state index in [0.717, 1.165) is 6.42 Å². The number of rotatable bonds is 7. The second-order valence-electron chi connectivity index (χ2n) is 2.89. The van der Waals surface area contributed by atoms with Crippen LogP contribution in [0.1, 0.15) is 33.1 Å². The second kappa shape index (κ2) is 7.67. The van der Waals surface area contributed by atoms with E-state index in [0.29, 0.717) is 19.3 Å². The molecule has 0 heterocycles. The Kier molecular flexibility index (Phi) is 7.28. The molecule has 0 radical (unpaired) electrons. The minimum atomic E-state index is -0.642. The van der Waals surface area contributed by atoms with Crippen molar-refractivity contribution in [3.05, 3.63) is 0 Å². The molecule has 4 nitrogen and oxygen atoms in total. The lowest BCUT2D eigenvalue weighted by atomic mass is 10.1. The zero-order chi connectivity index (χ0) is 11.0. The Morgan fingerprint density at radius 3 is 2.43 bits per heavy atom. The van der Waals surface area contributed by atoms with E-state index in [1.807, 2.05) is 13.8 Å². The molecule has 0 aromatic heterocycles. The molecule has 0 aliphatic heterocycles. The minimum absolute atomic E-state index is 0.372. The molecule has 0 fully saturated rings. The first-order chi connectivity index (χ1) is 6.65. The van der Waals surface area contributed by atoms with E-state index in [1.54, 1.807) is 0 Å². The smallest absolute Gasteiger partial charge is 0.364 e. The lowest BCUT2D eigenvalue weighted by Gasteiger charge is -2.23. The van der Waals surface area contributed by atoms with Crippen LogP contribution in [0.5, 0.6) is 0 Å². The molecular weight excluding hydrogens is 204 g/mol. The fraction of sp³-hybridized carbons (Fsp3) is 0.778. The van der Waals surface area contributed by atoms with E-state index >= 15 is 0 Å². The van der Waals surface area contributed by atoms with Gasteiger partial charge in [-0.2, -0.15) is 0 Å². The maximum absolute atomic E-state index is 10.7. The van der Waals surface area contributed by atoms with Crippen LogP contribution >= 0.6 is 12.6 Å². The number of carbonyl (C=O) groups is 2.